The average molecular weight is 1410 g/mol. The van der Waals surface area contributed by atoms with Crippen molar-refractivity contribution in [2.45, 2.75) is 0 Å². The predicted octanol–water partition coefficient (Wildman–Crippen LogP) is 18.7. The molecule has 0 saturated carbocycles. The van der Waals surface area contributed by atoms with E-state index in [0.29, 0.717) is 0 Å². The highest BCUT2D eigenvalue weighted by Gasteiger charge is 2.49. The van der Waals surface area contributed by atoms with Crippen LogP contribution in [-0.2, 0) is 0 Å². The van der Waals surface area contributed by atoms with Crippen LogP contribution in [0.4, 0.5) is 51.2 Å². The fourth-order valence-corrected chi connectivity index (χ4v) is 27.1. The summed E-state index contributed by atoms with van der Waals surface area (Å²) in [7, 11) is -6.42. The van der Waals surface area contributed by atoms with Crippen molar-refractivity contribution in [3.63, 3.8) is 0 Å². The Morgan fingerprint density at radius 3 is 0.685 bits per heavy atom. The van der Waals surface area contributed by atoms with Crippen LogP contribution in [-0.4, -0.2) is 22.9 Å². The van der Waals surface area contributed by atoms with Crippen molar-refractivity contribution in [3.8, 4) is 44.5 Å². The molecular weight excluding hydrogens is 1330 g/mol. The topological polar surface area (TPSA) is 9.72 Å². The molecule has 108 heavy (non-hydrogen) atoms. The Labute approximate surface area is 635 Å². The zero-order chi connectivity index (χ0) is 71.8. The maximum Gasteiger partial charge on any atom is 0.252 e. The number of nitrogens with zero attached hydrogens (tertiary/aromatic N) is 3. The molecule has 0 aromatic heterocycles. The molecule has 0 N–H and O–H groups in total. The molecule has 0 aliphatic carbocycles. The molecule has 2 aliphatic rings. The van der Waals surface area contributed by atoms with Crippen LogP contribution in [0.2, 0.25) is 0 Å². The summed E-state index contributed by atoms with van der Waals surface area (Å²) >= 11 is 0. The molecule has 17 aromatic rings. The summed E-state index contributed by atoms with van der Waals surface area (Å²) in [6, 6.07) is 169. The smallest absolute Gasteiger partial charge is 0.252 e. The van der Waals surface area contributed by atoms with Gasteiger partial charge in [-0.05, 0) is 187 Å². The maximum absolute atomic E-state index is 3.21. The third-order valence-electron chi connectivity index (χ3n) is 22.2. The van der Waals surface area contributed by atoms with Crippen LogP contribution in [0.25, 0.3) is 44.5 Å². The molecule has 508 valence electrons. The van der Waals surface area contributed by atoms with Gasteiger partial charge in [0, 0.05) is 45.5 Å². The number of para-hydroxylation sites is 2. The van der Waals surface area contributed by atoms with Gasteiger partial charge in [-0.1, -0.05) is 364 Å². The zero-order valence-corrected chi connectivity index (χ0v) is 61.6. The third kappa shape index (κ3) is 11.5. The first-order chi connectivity index (χ1) is 53.6. The summed E-state index contributed by atoms with van der Waals surface area (Å²) < 4.78 is 0. The Hall–Kier alpha value is -13.4. The number of fused-ring (bicyclic) bond motifs is 4. The van der Waals surface area contributed by atoms with Crippen molar-refractivity contribution in [1.82, 2.24) is 0 Å². The summed E-state index contributed by atoms with van der Waals surface area (Å²) in [5, 5.41) is 10.5. The van der Waals surface area contributed by atoms with E-state index in [2.05, 4.69) is 464 Å². The van der Waals surface area contributed by atoms with Gasteiger partial charge < -0.3 is 14.7 Å². The van der Waals surface area contributed by atoms with Crippen LogP contribution in [0.15, 0.2) is 449 Å². The SMILES string of the molecule is c1ccc(-c2cc(-c3ccccc3)cc(N3c4cc([Si](c5ccccc5)(c5ccccc5)c5ccccc5)ccc4B4c5ccc([Si](c6ccccc6)(c6ccccc6)c6ccccc6)cc5N(c5cc(-c6ccccc6)cc(-c6ccccc6)c5)c5cc(N(c6ccccc6)c6ccccc6)cc3c54)c2)cc1. The number of rotatable bonds is 17. The molecule has 3 nitrogen and oxygen atoms in total. The van der Waals surface area contributed by atoms with Crippen molar-refractivity contribution in [2.24, 2.45) is 0 Å². The van der Waals surface area contributed by atoms with Crippen molar-refractivity contribution >= 4 is 132 Å². The predicted molar refractivity (Wildman–Crippen MR) is 464 cm³/mol. The van der Waals surface area contributed by atoms with Crippen molar-refractivity contribution < 1.29 is 0 Å². The van der Waals surface area contributed by atoms with E-state index < -0.39 is 16.1 Å². The standard InChI is InChI=1S/C102H74BN3Si2/c1-13-37-75(38-14-1)79-65-80(76-39-15-2-16-40-76)68-85(67-79)105-98-73-94(107(88-49-25-7-26-50-88,89-51-27-8-28-52-89)90-53-29-9-30-54-90)61-63-96(98)103-97-64-62-95(108(91-55-31-10-32-56-91,92-57-33-11-34-58-92)93-59-35-12-36-60-93)74-99(97)106(86-69-81(77-41-17-3-18-42-77)66-82(70-86)78-43-19-4-20-44-78)101-72-87(71-100(105)102(101)103)104(83-45-21-5-22-46-83)84-47-23-6-24-48-84/h1-74H. The van der Waals surface area contributed by atoms with Crippen LogP contribution in [0.1, 0.15) is 0 Å². The minimum Gasteiger partial charge on any atom is -0.311 e. The first kappa shape index (κ1) is 65.4. The van der Waals surface area contributed by atoms with Gasteiger partial charge in [-0.25, -0.2) is 0 Å². The van der Waals surface area contributed by atoms with E-state index in [0.717, 1.165) is 95.7 Å². The Balaban J connectivity index is 1.00. The summed E-state index contributed by atoms with van der Waals surface area (Å²) in [6.45, 7) is -0.286. The Bertz CT molecular complexity index is 5350. The van der Waals surface area contributed by atoms with Gasteiger partial charge in [-0.3, -0.25) is 0 Å². The molecule has 0 saturated heterocycles. The van der Waals surface area contributed by atoms with Crippen LogP contribution in [0.5, 0.6) is 0 Å². The summed E-state index contributed by atoms with van der Waals surface area (Å²) in [6.07, 6.45) is 0. The van der Waals surface area contributed by atoms with Gasteiger partial charge in [0.2, 0.25) is 0 Å². The maximum atomic E-state index is 2.68. The van der Waals surface area contributed by atoms with E-state index >= 15 is 0 Å². The zero-order valence-electron chi connectivity index (χ0n) is 59.6. The van der Waals surface area contributed by atoms with Crippen molar-refractivity contribution in [2.75, 3.05) is 14.7 Å². The highest BCUT2D eigenvalue weighted by atomic mass is 28.3. The molecule has 0 bridgehead atoms. The van der Waals surface area contributed by atoms with Gasteiger partial charge >= 0.3 is 0 Å². The third-order valence-corrected chi connectivity index (χ3v) is 31.8. The molecule has 19 rings (SSSR count). The molecule has 0 atom stereocenters. The Morgan fingerprint density at radius 2 is 0.426 bits per heavy atom. The van der Waals surface area contributed by atoms with Crippen LogP contribution >= 0.6 is 0 Å². The normalized spacial score (nSPS) is 12.2. The molecule has 0 amide bonds. The van der Waals surface area contributed by atoms with E-state index in [1.807, 2.05) is 0 Å². The van der Waals surface area contributed by atoms with E-state index in [1.165, 1.54) is 57.9 Å². The number of hydrogen-bond acceptors (Lipinski definition) is 3. The molecule has 0 spiro atoms. The quantitative estimate of drug-likeness (QED) is 0.0664. The second-order valence-corrected chi connectivity index (χ2v) is 35.9. The highest BCUT2D eigenvalue weighted by Crippen LogP contribution is 2.50. The summed E-state index contributed by atoms with van der Waals surface area (Å²) in [4.78, 5) is 7.83. The minimum absolute atomic E-state index is 0.286. The first-order valence-electron chi connectivity index (χ1n) is 37.4. The molecule has 0 fully saturated rings. The average Bonchev–Trinajstić information content (AvgIpc) is 0.692. The second-order valence-electron chi connectivity index (χ2n) is 28.3. The van der Waals surface area contributed by atoms with Gasteiger partial charge in [0.25, 0.3) is 6.71 Å². The molecule has 6 heteroatoms. The lowest BCUT2D eigenvalue weighted by Gasteiger charge is -2.46. The second kappa shape index (κ2) is 28.3. The van der Waals surface area contributed by atoms with Crippen molar-refractivity contribution in [3.05, 3.63) is 449 Å². The van der Waals surface area contributed by atoms with Gasteiger partial charge in [-0.2, -0.15) is 0 Å². The Kier molecular flexibility index (Phi) is 17.1. The molecule has 2 heterocycles. The molecule has 0 radical (unpaired) electrons. The molecule has 0 unspecified atom stereocenters. The van der Waals surface area contributed by atoms with Gasteiger partial charge in [0.05, 0.1) is 5.69 Å². The van der Waals surface area contributed by atoms with Crippen LogP contribution < -0.4 is 72.6 Å². The Morgan fingerprint density at radius 1 is 0.185 bits per heavy atom. The van der Waals surface area contributed by atoms with E-state index in [1.54, 1.807) is 0 Å². The lowest BCUT2D eigenvalue weighted by atomic mass is 9.33. The lowest BCUT2D eigenvalue weighted by molar-refractivity contribution is 1.23. The van der Waals surface area contributed by atoms with Crippen LogP contribution in [0, 0.1) is 0 Å². The number of benzene rings is 17. The van der Waals surface area contributed by atoms with E-state index in [4.69, 9.17) is 0 Å². The largest absolute Gasteiger partial charge is 0.311 e. The molecule has 17 aromatic carbocycles. The fourth-order valence-electron chi connectivity index (χ4n) is 17.5. The number of hydrogen-bond donors (Lipinski definition) is 0. The highest BCUT2D eigenvalue weighted by molar-refractivity contribution is 7.20. The number of anilines is 9. The fraction of sp³-hybridized carbons (Fsp3) is 0. The first-order valence-corrected chi connectivity index (χ1v) is 41.4. The van der Waals surface area contributed by atoms with E-state index in [9.17, 15) is 0 Å². The molecule has 2 aliphatic heterocycles. The monoisotopic (exact) mass is 1410 g/mol. The summed E-state index contributed by atoms with van der Waals surface area (Å²) in [5.74, 6) is 0. The lowest BCUT2D eigenvalue weighted by Crippen LogP contribution is -2.75. The van der Waals surface area contributed by atoms with Gasteiger partial charge in [-0.15, -0.1) is 0 Å². The minimum atomic E-state index is -3.21. The van der Waals surface area contributed by atoms with E-state index in [-0.39, 0.29) is 6.71 Å². The van der Waals surface area contributed by atoms with Crippen LogP contribution in [0.3, 0.4) is 0 Å². The van der Waals surface area contributed by atoms with Gasteiger partial charge in [0.1, 0.15) is 0 Å². The summed E-state index contributed by atoms with van der Waals surface area (Å²) in [5.41, 5.74) is 22.4. The van der Waals surface area contributed by atoms with Crippen molar-refractivity contribution in [1.29, 1.82) is 0 Å². The molecular formula is C102H74BN3Si2. The van der Waals surface area contributed by atoms with Gasteiger partial charge in [0.15, 0.2) is 16.1 Å².